The number of rotatable bonds is 9. The fraction of sp³-hybridized carbons (Fsp3) is 0.500. The first-order valence-electron chi connectivity index (χ1n) is 8.45. The number of fused-ring (bicyclic) bond motifs is 1. The minimum Gasteiger partial charge on any atom is -0.482 e. The number of ketones is 1. The molecule has 2 rings (SSSR count). The number of ether oxygens (including phenoxy) is 2. The number of nitrogens with one attached hydrogen (secondary N) is 1. The van der Waals surface area contributed by atoms with E-state index in [2.05, 4.69) is 5.32 Å². The number of anilines is 1. The summed E-state index contributed by atoms with van der Waals surface area (Å²) in [5.41, 5.74) is 1.04. The molecule has 1 aliphatic heterocycles. The van der Waals surface area contributed by atoms with Crippen LogP contribution in [-0.2, 0) is 14.3 Å². The lowest BCUT2D eigenvalue weighted by atomic mass is 10.1. The van der Waals surface area contributed by atoms with Gasteiger partial charge >= 0.3 is 0 Å². The van der Waals surface area contributed by atoms with Gasteiger partial charge in [0.15, 0.2) is 12.4 Å². The number of carbonyl (C=O) groups excluding carboxylic acids is 3. The van der Waals surface area contributed by atoms with Crippen LogP contribution in [0.25, 0.3) is 0 Å². The number of Topliss-reactive ketones (excluding diaryl/α,β-unsaturated/α-hetero) is 1. The van der Waals surface area contributed by atoms with Crippen molar-refractivity contribution >= 4 is 23.3 Å². The summed E-state index contributed by atoms with van der Waals surface area (Å²) >= 11 is 0. The molecule has 1 aliphatic rings. The molecule has 0 spiro atoms. The Kier molecular flexibility index (Phi) is 6.94. The lowest BCUT2D eigenvalue weighted by molar-refractivity contribution is -0.122. The predicted octanol–water partition coefficient (Wildman–Crippen LogP) is 1.55. The molecular formula is C18H24N2O5. The Balaban J connectivity index is 1.93. The Morgan fingerprint density at radius 2 is 2.16 bits per heavy atom. The molecule has 0 bridgehead atoms. The molecule has 0 saturated carbocycles. The Bertz CT molecular complexity index is 644. The van der Waals surface area contributed by atoms with E-state index in [1.807, 2.05) is 6.92 Å². The Hall–Kier alpha value is -2.41. The number of carbonyl (C=O) groups is 3. The fourth-order valence-corrected chi connectivity index (χ4v) is 2.51. The van der Waals surface area contributed by atoms with E-state index in [-0.39, 0.29) is 37.2 Å². The smallest absolute Gasteiger partial charge is 0.265 e. The van der Waals surface area contributed by atoms with Crippen molar-refractivity contribution in [2.75, 3.05) is 37.8 Å². The Morgan fingerprint density at radius 1 is 1.36 bits per heavy atom. The van der Waals surface area contributed by atoms with Crippen molar-refractivity contribution < 1.29 is 23.9 Å². The first kappa shape index (κ1) is 18.9. The first-order chi connectivity index (χ1) is 12.0. The van der Waals surface area contributed by atoms with Crippen LogP contribution in [0.15, 0.2) is 18.2 Å². The van der Waals surface area contributed by atoms with E-state index in [9.17, 15) is 14.4 Å². The molecule has 136 valence electrons. The Morgan fingerprint density at radius 3 is 2.88 bits per heavy atom. The monoisotopic (exact) mass is 348 g/mol. The number of benzene rings is 1. The van der Waals surface area contributed by atoms with Crippen LogP contribution in [0.5, 0.6) is 5.75 Å². The minimum absolute atomic E-state index is 0.0671. The molecule has 2 amide bonds. The maximum atomic E-state index is 12.2. The van der Waals surface area contributed by atoms with Crippen molar-refractivity contribution in [1.29, 1.82) is 0 Å². The SMILES string of the molecule is CCOCCCNC(=O)CCN1C(=O)COc2ccc(C(C)=O)cc21. The molecule has 1 aromatic rings. The summed E-state index contributed by atoms with van der Waals surface area (Å²) in [5, 5.41) is 2.81. The molecule has 1 N–H and O–H groups in total. The van der Waals surface area contributed by atoms with E-state index in [1.165, 1.54) is 11.8 Å². The van der Waals surface area contributed by atoms with Crippen molar-refractivity contribution in [3.8, 4) is 5.75 Å². The van der Waals surface area contributed by atoms with E-state index < -0.39 is 0 Å². The molecule has 0 unspecified atom stereocenters. The van der Waals surface area contributed by atoms with Crippen molar-refractivity contribution in [2.24, 2.45) is 0 Å². The zero-order chi connectivity index (χ0) is 18.2. The van der Waals surface area contributed by atoms with Crippen molar-refractivity contribution in [1.82, 2.24) is 5.32 Å². The summed E-state index contributed by atoms with van der Waals surface area (Å²) in [4.78, 5) is 37.2. The summed E-state index contributed by atoms with van der Waals surface area (Å²) in [6.07, 6.45) is 0.935. The highest BCUT2D eigenvalue weighted by Gasteiger charge is 2.26. The third-order valence-corrected chi connectivity index (χ3v) is 3.86. The number of hydrogen-bond donors (Lipinski definition) is 1. The number of hydrogen-bond acceptors (Lipinski definition) is 5. The third-order valence-electron chi connectivity index (χ3n) is 3.86. The molecule has 0 saturated heterocycles. The maximum absolute atomic E-state index is 12.2. The molecule has 0 atom stereocenters. The van der Waals surface area contributed by atoms with Crippen LogP contribution < -0.4 is 15.0 Å². The highest BCUT2D eigenvalue weighted by Crippen LogP contribution is 2.33. The van der Waals surface area contributed by atoms with Gasteiger partial charge in [0.2, 0.25) is 5.91 Å². The van der Waals surface area contributed by atoms with E-state index in [0.29, 0.717) is 36.8 Å². The maximum Gasteiger partial charge on any atom is 0.265 e. The van der Waals surface area contributed by atoms with Crippen LogP contribution in [0.4, 0.5) is 5.69 Å². The topological polar surface area (TPSA) is 84.9 Å². The molecule has 25 heavy (non-hydrogen) atoms. The molecule has 1 heterocycles. The van der Waals surface area contributed by atoms with Crippen LogP contribution in [0.1, 0.15) is 37.0 Å². The van der Waals surface area contributed by atoms with E-state index in [0.717, 1.165) is 6.42 Å². The molecule has 7 nitrogen and oxygen atoms in total. The fourth-order valence-electron chi connectivity index (χ4n) is 2.51. The molecule has 0 aromatic heterocycles. The van der Waals surface area contributed by atoms with Crippen molar-refractivity contribution in [3.63, 3.8) is 0 Å². The van der Waals surface area contributed by atoms with Crippen LogP contribution in [-0.4, -0.2) is 50.5 Å². The quantitative estimate of drug-likeness (QED) is 0.541. The van der Waals surface area contributed by atoms with Gasteiger partial charge in [0.1, 0.15) is 5.75 Å². The van der Waals surface area contributed by atoms with Crippen LogP contribution in [0.2, 0.25) is 0 Å². The second kappa shape index (κ2) is 9.17. The third kappa shape index (κ3) is 5.29. The summed E-state index contributed by atoms with van der Waals surface area (Å²) in [6, 6.07) is 4.98. The van der Waals surface area contributed by atoms with E-state index in [4.69, 9.17) is 9.47 Å². The standard InChI is InChI=1S/C18H24N2O5/c1-3-24-10-4-8-19-17(22)7-9-20-15-11-14(13(2)21)5-6-16(15)25-12-18(20)23/h5-6,11H,3-4,7-10,12H2,1-2H3,(H,19,22). The van der Waals surface area contributed by atoms with Crippen LogP contribution in [0.3, 0.4) is 0 Å². The molecule has 0 fully saturated rings. The van der Waals surface area contributed by atoms with Crippen LogP contribution >= 0.6 is 0 Å². The van der Waals surface area contributed by atoms with Crippen LogP contribution in [0, 0.1) is 0 Å². The van der Waals surface area contributed by atoms with Gasteiger partial charge in [-0.15, -0.1) is 0 Å². The van der Waals surface area contributed by atoms with Crippen molar-refractivity contribution in [3.05, 3.63) is 23.8 Å². The average molecular weight is 348 g/mol. The number of amides is 2. The lowest BCUT2D eigenvalue weighted by Gasteiger charge is -2.29. The summed E-state index contributed by atoms with van der Waals surface area (Å²) < 4.78 is 10.6. The predicted molar refractivity (Wildman–Crippen MR) is 93.0 cm³/mol. The zero-order valence-electron chi connectivity index (χ0n) is 14.7. The molecule has 0 radical (unpaired) electrons. The summed E-state index contributed by atoms with van der Waals surface area (Å²) in [5.74, 6) is 0.104. The minimum atomic E-state index is -0.225. The van der Waals surface area contributed by atoms with Gasteiger partial charge in [-0.3, -0.25) is 14.4 Å². The van der Waals surface area contributed by atoms with Gasteiger partial charge in [-0.2, -0.15) is 0 Å². The van der Waals surface area contributed by atoms with Gasteiger partial charge in [0.25, 0.3) is 5.91 Å². The molecule has 7 heteroatoms. The van der Waals surface area contributed by atoms with Gasteiger partial charge in [0, 0.05) is 38.3 Å². The van der Waals surface area contributed by atoms with E-state index in [1.54, 1.807) is 18.2 Å². The normalized spacial score (nSPS) is 13.2. The lowest BCUT2D eigenvalue weighted by Crippen LogP contribution is -2.41. The van der Waals surface area contributed by atoms with Gasteiger partial charge in [-0.05, 0) is 38.5 Å². The highest BCUT2D eigenvalue weighted by atomic mass is 16.5. The van der Waals surface area contributed by atoms with Gasteiger partial charge in [0.05, 0.1) is 5.69 Å². The second-order valence-corrected chi connectivity index (χ2v) is 5.72. The first-order valence-corrected chi connectivity index (χ1v) is 8.45. The van der Waals surface area contributed by atoms with Crippen molar-refractivity contribution in [2.45, 2.75) is 26.7 Å². The van der Waals surface area contributed by atoms with Gasteiger partial charge < -0.3 is 19.7 Å². The zero-order valence-corrected chi connectivity index (χ0v) is 14.7. The van der Waals surface area contributed by atoms with Gasteiger partial charge in [-0.1, -0.05) is 0 Å². The summed E-state index contributed by atoms with van der Waals surface area (Å²) in [6.45, 7) is 5.38. The average Bonchev–Trinajstić information content (AvgIpc) is 2.60. The molecule has 0 aliphatic carbocycles. The Labute approximate surface area is 147 Å². The van der Waals surface area contributed by atoms with Gasteiger partial charge in [-0.25, -0.2) is 0 Å². The number of nitrogens with zero attached hydrogens (tertiary/aromatic N) is 1. The largest absolute Gasteiger partial charge is 0.482 e. The van der Waals surface area contributed by atoms with E-state index >= 15 is 0 Å². The summed E-state index contributed by atoms with van der Waals surface area (Å²) in [7, 11) is 0. The molecule has 1 aromatic carbocycles. The highest BCUT2D eigenvalue weighted by molar-refractivity contribution is 6.01. The molecular weight excluding hydrogens is 324 g/mol. The second-order valence-electron chi connectivity index (χ2n) is 5.72.